The lowest BCUT2D eigenvalue weighted by molar-refractivity contribution is -0.124. The van der Waals surface area contributed by atoms with Crippen LogP contribution in [-0.2, 0) is 10.2 Å². The summed E-state index contributed by atoms with van der Waals surface area (Å²) in [6.07, 6.45) is 2.77. The first-order valence-electron chi connectivity index (χ1n) is 8.67. The fourth-order valence-corrected chi connectivity index (χ4v) is 3.71. The van der Waals surface area contributed by atoms with Crippen molar-refractivity contribution >= 4 is 22.4 Å². The minimum absolute atomic E-state index is 0.0542. The highest BCUT2D eigenvalue weighted by molar-refractivity contribution is 6.01. The Labute approximate surface area is 147 Å². The monoisotopic (exact) mass is 331 g/mol. The molecule has 1 aliphatic carbocycles. The minimum Gasteiger partial charge on any atom is -0.496 e. The van der Waals surface area contributed by atoms with Gasteiger partial charge in [-0.15, -0.1) is 0 Å². The number of para-hydroxylation sites is 1. The van der Waals surface area contributed by atoms with Crippen molar-refractivity contribution in [3.05, 3.63) is 72.3 Å². The highest BCUT2D eigenvalue weighted by Crippen LogP contribution is 2.47. The van der Waals surface area contributed by atoms with E-state index < -0.39 is 5.41 Å². The number of fused-ring (bicyclic) bond motifs is 1. The van der Waals surface area contributed by atoms with Crippen molar-refractivity contribution in [1.82, 2.24) is 0 Å². The van der Waals surface area contributed by atoms with Gasteiger partial charge < -0.3 is 10.1 Å². The fraction of sp³-hybridized carbons (Fsp3) is 0.227. The lowest BCUT2D eigenvalue weighted by atomic mass is 9.63. The molecule has 1 amide bonds. The third kappa shape index (κ3) is 2.66. The maximum atomic E-state index is 13.2. The van der Waals surface area contributed by atoms with Gasteiger partial charge in [0.1, 0.15) is 5.75 Å². The summed E-state index contributed by atoms with van der Waals surface area (Å²) in [5.74, 6) is 0.842. The molecule has 25 heavy (non-hydrogen) atoms. The molecule has 0 saturated heterocycles. The lowest BCUT2D eigenvalue weighted by Gasteiger charge is -2.41. The lowest BCUT2D eigenvalue weighted by Crippen LogP contribution is -2.46. The Morgan fingerprint density at radius 3 is 2.40 bits per heavy atom. The number of hydrogen-bond donors (Lipinski definition) is 1. The molecule has 1 saturated carbocycles. The van der Waals surface area contributed by atoms with E-state index in [1.54, 1.807) is 7.11 Å². The Morgan fingerprint density at radius 2 is 1.68 bits per heavy atom. The molecule has 3 aromatic carbocycles. The van der Waals surface area contributed by atoms with Crippen molar-refractivity contribution in [3.8, 4) is 5.75 Å². The van der Waals surface area contributed by atoms with Crippen LogP contribution in [-0.4, -0.2) is 13.0 Å². The Hall–Kier alpha value is -2.81. The number of hydrogen-bond acceptors (Lipinski definition) is 2. The standard InChI is InChI=1S/C22H21NO2/c1-25-20-10-5-4-9-19(20)22(13-6-14-22)21(24)23-18-12-11-16-7-2-3-8-17(16)15-18/h2-5,7-12,15H,6,13-14H2,1H3,(H,23,24). The molecular weight excluding hydrogens is 310 g/mol. The molecule has 0 heterocycles. The number of amides is 1. The first-order chi connectivity index (χ1) is 12.2. The third-order valence-corrected chi connectivity index (χ3v) is 5.27. The van der Waals surface area contributed by atoms with Crippen LogP contribution in [0.1, 0.15) is 24.8 Å². The van der Waals surface area contributed by atoms with Gasteiger partial charge in [0.05, 0.1) is 12.5 Å². The van der Waals surface area contributed by atoms with Crippen LogP contribution in [0, 0.1) is 0 Å². The number of ether oxygens (including phenoxy) is 1. The first-order valence-corrected chi connectivity index (χ1v) is 8.67. The molecule has 1 fully saturated rings. The van der Waals surface area contributed by atoms with Gasteiger partial charge in [0, 0.05) is 11.3 Å². The Kier molecular flexibility index (Phi) is 3.92. The summed E-state index contributed by atoms with van der Waals surface area (Å²) >= 11 is 0. The summed E-state index contributed by atoms with van der Waals surface area (Å²) in [4.78, 5) is 13.2. The number of carbonyl (C=O) groups excluding carboxylic acids is 1. The van der Waals surface area contributed by atoms with E-state index in [9.17, 15) is 4.79 Å². The zero-order valence-corrected chi connectivity index (χ0v) is 14.3. The van der Waals surface area contributed by atoms with Gasteiger partial charge in [0.2, 0.25) is 5.91 Å². The number of carbonyl (C=O) groups is 1. The second kappa shape index (κ2) is 6.25. The fourth-order valence-electron chi connectivity index (χ4n) is 3.71. The molecule has 0 spiro atoms. The average molecular weight is 331 g/mol. The maximum Gasteiger partial charge on any atom is 0.235 e. The molecule has 0 aromatic heterocycles. The highest BCUT2D eigenvalue weighted by atomic mass is 16.5. The van der Waals surface area contributed by atoms with Gasteiger partial charge in [0.15, 0.2) is 0 Å². The quantitative estimate of drug-likeness (QED) is 0.738. The highest BCUT2D eigenvalue weighted by Gasteiger charge is 2.47. The summed E-state index contributed by atoms with van der Waals surface area (Å²) in [5, 5.41) is 5.43. The molecule has 0 bridgehead atoms. The van der Waals surface area contributed by atoms with Crippen molar-refractivity contribution in [3.63, 3.8) is 0 Å². The molecule has 3 aromatic rings. The van der Waals surface area contributed by atoms with E-state index in [-0.39, 0.29) is 5.91 Å². The van der Waals surface area contributed by atoms with Gasteiger partial charge in [-0.05, 0) is 41.8 Å². The SMILES string of the molecule is COc1ccccc1C1(C(=O)Nc2ccc3ccccc3c2)CCC1. The van der Waals surface area contributed by atoms with Crippen molar-refractivity contribution in [1.29, 1.82) is 0 Å². The third-order valence-electron chi connectivity index (χ3n) is 5.27. The summed E-state index contributed by atoms with van der Waals surface area (Å²) in [6.45, 7) is 0. The Morgan fingerprint density at radius 1 is 0.960 bits per heavy atom. The van der Waals surface area contributed by atoms with Crippen LogP contribution in [0.3, 0.4) is 0 Å². The molecule has 0 radical (unpaired) electrons. The molecule has 0 aliphatic heterocycles. The second-order valence-corrected chi connectivity index (χ2v) is 6.65. The van der Waals surface area contributed by atoms with E-state index in [1.165, 1.54) is 5.39 Å². The van der Waals surface area contributed by atoms with Gasteiger partial charge in [-0.1, -0.05) is 55.0 Å². The van der Waals surface area contributed by atoms with Crippen LogP contribution in [0.5, 0.6) is 5.75 Å². The Bertz CT molecular complexity index is 928. The van der Waals surface area contributed by atoms with Crippen LogP contribution in [0.4, 0.5) is 5.69 Å². The molecule has 3 heteroatoms. The van der Waals surface area contributed by atoms with Crippen molar-refractivity contribution in [2.24, 2.45) is 0 Å². The van der Waals surface area contributed by atoms with E-state index in [0.29, 0.717) is 0 Å². The zero-order chi connectivity index (χ0) is 17.3. The van der Waals surface area contributed by atoms with Gasteiger partial charge in [-0.25, -0.2) is 0 Å². The van der Waals surface area contributed by atoms with Crippen molar-refractivity contribution in [2.45, 2.75) is 24.7 Å². The number of rotatable bonds is 4. The average Bonchev–Trinajstić information content (AvgIpc) is 2.61. The predicted molar refractivity (Wildman–Crippen MR) is 101 cm³/mol. The van der Waals surface area contributed by atoms with Crippen molar-refractivity contribution in [2.75, 3.05) is 12.4 Å². The maximum absolute atomic E-state index is 13.2. The van der Waals surface area contributed by atoms with Crippen molar-refractivity contribution < 1.29 is 9.53 Å². The number of methoxy groups -OCH3 is 1. The van der Waals surface area contributed by atoms with E-state index in [0.717, 1.165) is 41.6 Å². The van der Waals surface area contributed by atoms with Crippen LogP contribution < -0.4 is 10.1 Å². The van der Waals surface area contributed by atoms with Crippen LogP contribution in [0.25, 0.3) is 10.8 Å². The molecule has 126 valence electrons. The molecular formula is C22H21NO2. The van der Waals surface area contributed by atoms with Crippen LogP contribution in [0.15, 0.2) is 66.7 Å². The van der Waals surface area contributed by atoms with Gasteiger partial charge >= 0.3 is 0 Å². The molecule has 4 rings (SSSR count). The second-order valence-electron chi connectivity index (χ2n) is 6.65. The smallest absolute Gasteiger partial charge is 0.235 e. The molecule has 1 N–H and O–H groups in total. The summed E-state index contributed by atoms with van der Waals surface area (Å²) in [7, 11) is 1.66. The van der Waals surface area contributed by atoms with E-state index >= 15 is 0 Å². The van der Waals surface area contributed by atoms with E-state index in [4.69, 9.17) is 4.74 Å². The molecule has 3 nitrogen and oxygen atoms in total. The summed E-state index contributed by atoms with van der Waals surface area (Å²) < 4.78 is 5.51. The Balaban J connectivity index is 1.66. The normalized spacial score (nSPS) is 15.4. The summed E-state index contributed by atoms with van der Waals surface area (Å²) in [6, 6.07) is 22.1. The van der Waals surface area contributed by atoms with Crippen LogP contribution in [0.2, 0.25) is 0 Å². The van der Waals surface area contributed by atoms with Gasteiger partial charge in [-0.3, -0.25) is 4.79 Å². The number of benzene rings is 3. The summed E-state index contributed by atoms with van der Waals surface area (Å²) in [5.41, 5.74) is 1.34. The minimum atomic E-state index is -0.488. The molecule has 0 atom stereocenters. The number of anilines is 1. The topological polar surface area (TPSA) is 38.3 Å². The van der Waals surface area contributed by atoms with Crippen LogP contribution >= 0.6 is 0 Å². The predicted octanol–water partition coefficient (Wildman–Crippen LogP) is 4.91. The van der Waals surface area contributed by atoms with Gasteiger partial charge in [0.25, 0.3) is 0 Å². The van der Waals surface area contributed by atoms with Gasteiger partial charge in [-0.2, -0.15) is 0 Å². The van der Waals surface area contributed by atoms with E-state index in [1.807, 2.05) is 54.6 Å². The zero-order valence-electron chi connectivity index (χ0n) is 14.3. The molecule has 1 aliphatic rings. The van der Waals surface area contributed by atoms with E-state index in [2.05, 4.69) is 17.4 Å². The molecule has 0 unspecified atom stereocenters. The largest absolute Gasteiger partial charge is 0.496 e. The first kappa shape index (κ1) is 15.7. The number of nitrogens with one attached hydrogen (secondary N) is 1.